The van der Waals surface area contributed by atoms with Gasteiger partial charge in [0.25, 0.3) is 0 Å². The number of amides is 1. The monoisotopic (exact) mass is 283 g/mol. The summed E-state index contributed by atoms with van der Waals surface area (Å²) in [6.45, 7) is 4.43. The van der Waals surface area contributed by atoms with Crippen LogP contribution in [-0.4, -0.2) is 30.4 Å². The van der Waals surface area contributed by atoms with Crippen LogP contribution in [0.5, 0.6) is 0 Å². The van der Waals surface area contributed by atoms with E-state index in [0.29, 0.717) is 5.92 Å². The van der Waals surface area contributed by atoms with E-state index in [1.807, 2.05) is 0 Å². The van der Waals surface area contributed by atoms with Gasteiger partial charge in [0, 0.05) is 11.3 Å². The highest BCUT2D eigenvalue weighted by molar-refractivity contribution is 7.90. The largest absolute Gasteiger partial charge is 0.273 e. The maximum atomic E-state index is 12.5. The Morgan fingerprint density at radius 3 is 2.47 bits per heavy atom. The van der Waals surface area contributed by atoms with E-state index >= 15 is 0 Å². The predicted molar refractivity (Wildman–Crippen MR) is 70.7 cm³/mol. The molecule has 3 saturated carbocycles. The highest BCUT2D eigenvalue weighted by Gasteiger charge is 2.72. The Morgan fingerprint density at radius 1 is 1.21 bits per heavy atom. The third kappa shape index (κ3) is 1.26. The third-order valence-electron chi connectivity index (χ3n) is 6.55. The first-order valence-electron chi connectivity index (χ1n) is 7.35. The van der Waals surface area contributed by atoms with Crippen LogP contribution in [0.4, 0.5) is 0 Å². The predicted octanol–water partition coefficient (Wildman–Crippen LogP) is 1.76. The highest BCUT2D eigenvalue weighted by Crippen LogP contribution is 2.70. The molecule has 4 nitrogen and oxygen atoms in total. The molecule has 0 aromatic heterocycles. The summed E-state index contributed by atoms with van der Waals surface area (Å²) in [4.78, 5) is 12.4. The Balaban J connectivity index is 1.81. The van der Waals surface area contributed by atoms with Gasteiger partial charge in [-0.1, -0.05) is 13.8 Å². The standard InChI is InChI=1S/C14H21NO3S/c1-13(2)10-5-6-14(13)8-19(17,18)15(11(14)7-10)12(16)9-3-4-9/h9-11H,3-8H2,1-2H3/t10-,11-,14+/m1/s1. The van der Waals surface area contributed by atoms with Crippen molar-refractivity contribution in [3.05, 3.63) is 0 Å². The minimum absolute atomic E-state index is 0.00726. The topological polar surface area (TPSA) is 54.5 Å². The lowest BCUT2D eigenvalue weighted by molar-refractivity contribution is -0.130. The Labute approximate surface area is 114 Å². The van der Waals surface area contributed by atoms with Gasteiger partial charge in [-0.2, -0.15) is 0 Å². The zero-order chi connectivity index (χ0) is 13.6. The van der Waals surface area contributed by atoms with Crippen LogP contribution in [0.2, 0.25) is 0 Å². The van der Waals surface area contributed by atoms with Crippen molar-refractivity contribution in [2.45, 2.75) is 52.0 Å². The molecule has 1 spiro atoms. The second-order valence-electron chi connectivity index (χ2n) is 7.53. The molecule has 19 heavy (non-hydrogen) atoms. The van der Waals surface area contributed by atoms with E-state index in [0.717, 1.165) is 32.1 Å². The number of hydrogen-bond donors (Lipinski definition) is 0. The second kappa shape index (κ2) is 3.18. The van der Waals surface area contributed by atoms with Crippen molar-refractivity contribution >= 4 is 15.9 Å². The zero-order valence-corrected chi connectivity index (χ0v) is 12.4. The molecule has 0 N–H and O–H groups in total. The molecule has 0 aromatic carbocycles. The summed E-state index contributed by atoms with van der Waals surface area (Å²) in [7, 11) is -3.38. The lowest BCUT2D eigenvalue weighted by Crippen LogP contribution is -2.44. The number of rotatable bonds is 1. The maximum Gasteiger partial charge on any atom is 0.239 e. The number of hydrogen-bond acceptors (Lipinski definition) is 3. The van der Waals surface area contributed by atoms with Crippen molar-refractivity contribution in [3.8, 4) is 0 Å². The molecule has 2 bridgehead atoms. The quantitative estimate of drug-likeness (QED) is 0.737. The number of carbonyl (C=O) groups is 1. The van der Waals surface area contributed by atoms with Crippen LogP contribution in [0.25, 0.3) is 0 Å². The fourth-order valence-electron chi connectivity index (χ4n) is 5.09. The van der Waals surface area contributed by atoms with Crippen LogP contribution < -0.4 is 0 Å². The van der Waals surface area contributed by atoms with Gasteiger partial charge in [-0.3, -0.25) is 4.79 Å². The molecule has 3 atom stereocenters. The Kier molecular flexibility index (Phi) is 2.04. The molecular weight excluding hydrogens is 262 g/mol. The summed E-state index contributed by atoms with van der Waals surface area (Å²) >= 11 is 0. The molecule has 0 radical (unpaired) electrons. The van der Waals surface area contributed by atoms with Gasteiger partial charge in [-0.05, 0) is 43.4 Å². The molecule has 4 aliphatic rings. The first-order valence-corrected chi connectivity index (χ1v) is 8.96. The number of carbonyl (C=O) groups excluding carboxylic acids is 1. The Bertz CT molecular complexity index is 563. The van der Waals surface area contributed by atoms with Crippen molar-refractivity contribution in [1.82, 2.24) is 4.31 Å². The molecule has 1 amide bonds. The average Bonchev–Trinajstić information content (AvgIpc) is 3.03. The van der Waals surface area contributed by atoms with Gasteiger partial charge in [-0.15, -0.1) is 0 Å². The molecule has 0 aromatic rings. The minimum atomic E-state index is -3.38. The molecule has 4 fully saturated rings. The normalized spacial score (nSPS) is 45.5. The fraction of sp³-hybridized carbons (Fsp3) is 0.929. The van der Waals surface area contributed by atoms with Crippen molar-refractivity contribution in [2.75, 3.05) is 5.75 Å². The van der Waals surface area contributed by atoms with E-state index < -0.39 is 10.0 Å². The van der Waals surface area contributed by atoms with Crippen LogP contribution in [0.15, 0.2) is 0 Å². The number of nitrogens with zero attached hydrogens (tertiary/aromatic N) is 1. The first-order chi connectivity index (χ1) is 8.80. The lowest BCUT2D eigenvalue weighted by Gasteiger charge is -2.37. The van der Waals surface area contributed by atoms with Crippen LogP contribution in [0, 0.1) is 22.7 Å². The summed E-state index contributed by atoms with van der Waals surface area (Å²) < 4.78 is 26.4. The summed E-state index contributed by atoms with van der Waals surface area (Å²) in [6.07, 6.45) is 4.74. The van der Waals surface area contributed by atoms with Gasteiger partial charge in [0.15, 0.2) is 0 Å². The van der Waals surface area contributed by atoms with Gasteiger partial charge >= 0.3 is 0 Å². The summed E-state index contributed by atoms with van der Waals surface area (Å²) in [5.74, 6) is 0.673. The maximum absolute atomic E-state index is 12.5. The van der Waals surface area contributed by atoms with Gasteiger partial charge < -0.3 is 0 Å². The molecule has 1 heterocycles. The van der Waals surface area contributed by atoms with Crippen LogP contribution in [0.3, 0.4) is 0 Å². The van der Waals surface area contributed by atoms with E-state index in [-0.39, 0.29) is 34.4 Å². The van der Waals surface area contributed by atoms with Crippen molar-refractivity contribution < 1.29 is 13.2 Å². The molecule has 106 valence electrons. The van der Waals surface area contributed by atoms with Crippen LogP contribution >= 0.6 is 0 Å². The van der Waals surface area contributed by atoms with E-state index in [1.165, 1.54) is 4.31 Å². The molecule has 1 aliphatic heterocycles. The molecular formula is C14H21NO3S. The summed E-state index contributed by atoms with van der Waals surface area (Å²) in [5.41, 5.74) is -0.107. The van der Waals surface area contributed by atoms with Crippen LogP contribution in [0.1, 0.15) is 46.0 Å². The van der Waals surface area contributed by atoms with Gasteiger partial charge in [-0.25, -0.2) is 12.7 Å². The summed E-state index contributed by atoms with van der Waals surface area (Å²) in [6, 6.07) is -0.0423. The highest BCUT2D eigenvalue weighted by atomic mass is 32.2. The van der Waals surface area contributed by atoms with E-state index in [1.54, 1.807) is 0 Å². The molecule has 0 unspecified atom stereocenters. The minimum Gasteiger partial charge on any atom is -0.273 e. The number of sulfonamides is 1. The lowest BCUT2D eigenvalue weighted by atomic mass is 9.69. The molecule has 5 heteroatoms. The van der Waals surface area contributed by atoms with Gasteiger partial charge in [0.1, 0.15) is 0 Å². The first kappa shape index (κ1) is 12.2. The van der Waals surface area contributed by atoms with E-state index in [2.05, 4.69) is 13.8 Å². The Hall–Kier alpha value is -0.580. The van der Waals surface area contributed by atoms with E-state index in [4.69, 9.17) is 0 Å². The third-order valence-corrected chi connectivity index (χ3v) is 8.47. The SMILES string of the molecule is CC1(C)[C@@H]2CC[C@@]13CS(=O)(=O)N(C(=O)C1CC1)[C@@H]3C2. The molecule has 1 saturated heterocycles. The van der Waals surface area contributed by atoms with E-state index in [9.17, 15) is 13.2 Å². The van der Waals surface area contributed by atoms with Gasteiger partial charge in [0.2, 0.25) is 15.9 Å². The Morgan fingerprint density at radius 2 is 1.89 bits per heavy atom. The van der Waals surface area contributed by atoms with Crippen molar-refractivity contribution in [3.63, 3.8) is 0 Å². The fourth-order valence-corrected chi connectivity index (χ4v) is 7.69. The molecule has 4 rings (SSSR count). The van der Waals surface area contributed by atoms with Crippen molar-refractivity contribution in [2.24, 2.45) is 22.7 Å². The summed E-state index contributed by atoms with van der Waals surface area (Å²) in [5, 5.41) is 0. The zero-order valence-electron chi connectivity index (χ0n) is 11.6. The van der Waals surface area contributed by atoms with Crippen molar-refractivity contribution in [1.29, 1.82) is 0 Å². The molecule has 3 aliphatic carbocycles. The number of fused-ring (bicyclic) bond motifs is 1. The second-order valence-corrected chi connectivity index (χ2v) is 9.38. The average molecular weight is 283 g/mol. The smallest absolute Gasteiger partial charge is 0.239 e. The van der Waals surface area contributed by atoms with Gasteiger partial charge in [0.05, 0.1) is 11.8 Å². The van der Waals surface area contributed by atoms with Crippen LogP contribution in [-0.2, 0) is 14.8 Å².